The largest absolute Gasteiger partial charge is 0.379 e. The fourth-order valence-electron chi connectivity index (χ4n) is 1.34. The fraction of sp³-hybridized carbons (Fsp3) is 0.273. The minimum atomic E-state index is 0.818. The number of rotatable bonds is 3. The molecule has 2 aromatic rings. The molecule has 3 nitrogen and oxygen atoms in total. The van der Waals surface area contributed by atoms with Crippen LogP contribution in [0.5, 0.6) is 0 Å². The number of nitrogens with one attached hydrogen (secondary N) is 1. The molecule has 2 aromatic heterocycles. The molecular formula is C11H13N3S. The van der Waals surface area contributed by atoms with E-state index in [1.807, 2.05) is 32.2 Å². The molecule has 0 radical (unpaired) electrons. The number of aryl methyl sites for hydroxylation is 2. The number of anilines is 1. The van der Waals surface area contributed by atoms with E-state index in [0.717, 1.165) is 22.9 Å². The topological polar surface area (TPSA) is 37.8 Å². The summed E-state index contributed by atoms with van der Waals surface area (Å²) in [6, 6.07) is 3.98. The molecule has 0 unspecified atom stereocenters. The quantitative estimate of drug-likeness (QED) is 0.862. The van der Waals surface area contributed by atoms with E-state index in [0.29, 0.717) is 0 Å². The van der Waals surface area contributed by atoms with Crippen molar-refractivity contribution in [3.05, 3.63) is 40.1 Å². The zero-order valence-electron chi connectivity index (χ0n) is 8.82. The third kappa shape index (κ3) is 2.53. The third-order valence-electron chi connectivity index (χ3n) is 2.13. The molecule has 0 aliphatic carbocycles. The Balaban J connectivity index is 2.02. The summed E-state index contributed by atoms with van der Waals surface area (Å²) in [6.45, 7) is 4.84. The SMILES string of the molecule is Cc1ncc(CNc2cccnc2C)s1. The highest BCUT2D eigenvalue weighted by Gasteiger charge is 2.00. The summed E-state index contributed by atoms with van der Waals surface area (Å²) in [5, 5.41) is 4.46. The van der Waals surface area contributed by atoms with Crippen molar-refractivity contribution in [3.8, 4) is 0 Å². The van der Waals surface area contributed by atoms with Gasteiger partial charge in [-0.2, -0.15) is 0 Å². The molecule has 0 aliphatic rings. The zero-order chi connectivity index (χ0) is 10.7. The molecule has 78 valence electrons. The Morgan fingerprint density at radius 2 is 2.20 bits per heavy atom. The lowest BCUT2D eigenvalue weighted by Crippen LogP contribution is -2.00. The van der Waals surface area contributed by atoms with Crippen molar-refractivity contribution >= 4 is 17.0 Å². The van der Waals surface area contributed by atoms with Crippen LogP contribution >= 0.6 is 11.3 Å². The first kappa shape index (κ1) is 10.1. The number of hydrogen-bond donors (Lipinski definition) is 1. The Kier molecular flexibility index (Phi) is 2.97. The second kappa shape index (κ2) is 4.40. The predicted molar refractivity (Wildman–Crippen MR) is 63.2 cm³/mol. The lowest BCUT2D eigenvalue weighted by Gasteiger charge is -2.06. The van der Waals surface area contributed by atoms with Crippen LogP contribution < -0.4 is 5.32 Å². The van der Waals surface area contributed by atoms with Crippen molar-refractivity contribution in [1.29, 1.82) is 0 Å². The van der Waals surface area contributed by atoms with E-state index in [1.54, 1.807) is 17.5 Å². The van der Waals surface area contributed by atoms with Crippen molar-refractivity contribution in [3.63, 3.8) is 0 Å². The van der Waals surface area contributed by atoms with Gasteiger partial charge in [-0.1, -0.05) is 0 Å². The lowest BCUT2D eigenvalue weighted by atomic mass is 10.3. The summed E-state index contributed by atoms with van der Waals surface area (Å²) in [7, 11) is 0. The number of hydrogen-bond acceptors (Lipinski definition) is 4. The molecule has 0 atom stereocenters. The first-order chi connectivity index (χ1) is 7.25. The monoisotopic (exact) mass is 219 g/mol. The summed E-state index contributed by atoms with van der Waals surface area (Å²) in [4.78, 5) is 9.68. The molecule has 0 saturated carbocycles. The molecule has 2 heterocycles. The van der Waals surface area contributed by atoms with Gasteiger partial charge < -0.3 is 5.32 Å². The van der Waals surface area contributed by atoms with Gasteiger partial charge in [-0.05, 0) is 26.0 Å². The molecule has 0 fully saturated rings. The first-order valence-electron chi connectivity index (χ1n) is 4.82. The minimum Gasteiger partial charge on any atom is -0.379 e. The molecule has 0 bridgehead atoms. The second-order valence-electron chi connectivity index (χ2n) is 3.34. The Morgan fingerprint density at radius 1 is 1.33 bits per heavy atom. The van der Waals surface area contributed by atoms with Crippen LogP contribution in [0.1, 0.15) is 15.6 Å². The van der Waals surface area contributed by atoms with E-state index in [-0.39, 0.29) is 0 Å². The van der Waals surface area contributed by atoms with E-state index in [9.17, 15) is 0 Å². The number of pyridine rings is 1. The Labute approximate surface area is 93.2 Å². The van der Waals surface area contributed by atoms with Crippen molar-refractivity contribution in [2.45, 2.75) is 20.4 Å². The standard InChI is InChI=1S/C11H13N3S/c1-8-11(4-3-5-12-8)14-7-10-6-13-9(2)15-10/h3-6,14H,7H2,1-2H3. The zero-order valence-corrected chi connectivity index (χ0v) is 9.64. The van der Waals surface area contributed by atoms with Gasteiger partial charge in [-0.3, -0.25) is 4.98 Å². The molecule has 0 aromatic carbocycles. The molecule has 15 heavy (non-hydrogen) atoms. The Hall–Kier alpha value is -1.42. The smallest absolute Gasteiger partial charge is 0.0897 e. The Morgan fingerprint density at radius 3 is 2.87 bits per heavy atom. The van der Waals surface area contributed by atoms with Crippen LogP contribution in [-0.2, 0) is 6.54 Å². The van der Waals surface area contributed by atoms with Crippen LogP contribution in [0, 0.1) is 13.8 Å². The van der Waals surface area contributed by atoms with Crippen LogP contribution in [0.15, 0.2) is 24.5 Å². The van der Waals surface area contributed by atoms with Gasteiger partial charge in [-0.25, -0.2) is 4.98 Å². The number of thiazole rings is 1. The van der Waals surface area contributed by atoms with Crippen LogP contribution in [0.2, 0.25) is 0 Å². The third-order valence-corrected chi connectivity index (χ3v) is 3.04. The van der Waals surface area contributed by atoms with Crippen molar-refractivity contribution < 1.29 is 0 Å². The summed E-state index contributed by atoms with van der Waals surface area (Å²) in [6.07, 6.45) is 3.72. The molecule has 2 rings (SSSR count). The Bertz CT molecular complexity index is 451. The molecule has 0 amide bonds. The summed E-state index contributed by atoms with van der Waals surface area (Å²) in [5.74, 6) is 0. The van der Waals surface area contributed by atoms with Gasteiger partial charge in [-0.15, -0.1) is 11.3 Å². The van der Waals surface area contributed by atoms with Crippen molar-refractivity contribution in [1.82, 2.24) is 9.97 Å². The molecule has 4 heteroatoms. The van der Waals surface area contributed by atoms with Gasteiger partial charge in [0.1, 0.15) is 0 Å². The minimum absolute atomic E-state index is 0.818. The highest BCUT2D eigenvalue weighted by Crippen LogP contribution is 2.15. The van der Waals surface area contributed by atoms with Crippen LogP contribution in [0.4, 0.5) is 5.69 Å². The van der Waals surface area contributed by atoms with E-state index in [4.69, 9.17) is 0 Å². The maximum absolute atomic E-state index is 4.22. The summed E-state index contributed by atoms with van der Waals surface area (Å²) in [5.41, 5.74) is 2.11. The summed E-state index contributed by atoms with van der Waals surface area (Å²) >= 11 is 1.72. The molecular weight excluding hydrogens is 206 g/mol. The van der Waals surface area contributed by atoms with E-state index >= 15 is 0 Å². The number of aromatic nitrogens is 2. The maximum Gasteiger partial charge on any atom is 0.0897 e. The normalized spacial score (nSPS) is 10.3. The fourth-order valence-corrected chi connectivity index (χ4v) is 2.08. The van der Waals surface area contributed by atoms with Gasteiger partial charge in [0.15, 0.2) is 0 Å². The molecule has 0 spiro atoms. The van der Waals surface area contributed by atoms with Gasteiger partial charge in [0.25, 0.3) is 0 Å². The first-order valence-corrected chi connectivity index (χ1v) is 5.64. The van der Waals surface area contributed by atoms with Crippen LogP contribution in [-0.4, -0.2) is 9.97 Å². The van der Waals surface area contributed by atoms with Gasteiger partial charge in [0, 0.05) is 17.3 Å². The van der Waals surface area contributed by atoms with Crippen molar-refractivity contribution in [2.75, 3.05) is 5.32 Å². The molecule has 0 aliphatic heterocycles. The molecule has 0 saturated heterocycles. The average Bonchev–Trinajstić information content (AvgIpc) is 2.63. The molecule has 1 N–H and O–H groups in total. The van der Waals surface area contributed by atoms with Gasteiger partial charge in [0.2, 0.25) is 0 Å². The van der Waals surface area contributed by atoms with Crippen molar-refractivity contribution in [2.24, 2.45) is 0 Å². The van der Waals surface area contributed by atoms with E-state index in [1.165, 1.54) is 4.88 Å². The van der Waals surface area contributed by atoms with Crippen LogP contribution in [0.25, 0.3) is 0 Å². The predicted octanol–water partition coefficient (Wildman–Crippen LogP) is 2.77. The maximum atomic E-state index is 4.22. The van der Waals surface area contributed by atoms with Gasteiger partial charge >= 0.3 is 0 Å². The highest BCUT2D eigenvalue weighted by atomic mass is 32.1. The van der Waals surface area contributed by atoms with E-state index in [2.05, 4.69) is 15.3 Å². The average molecular weight is 219 g/mol. The summed E-state index contributed by atoms with van der Waals surface area (Å²) < 4.78 is 0. The second-order valence-corrected chi connectivity index (χ2v) is 4.65. The van der Waals surface area contributed by atoms with E-state index < -0.39 is 0 Å². The van der Waals surface area contributed by atoms with Crippen LogP contribution in [0.3, 0.4) is 0 Å². The van der Waals surface area contributed by atoms with Gasteiger partial charge in [0.05, 0.1) is 22.9 Å². The lowest BCUT2D eigenvalue weighted by molar-refractivity contribution is 1.12. The number of nitrogens with zero attached hydrogens (tertiary/aromatic N) is 2. The highest BCUT2D eigenvalue weighted by molar-refractivity contribution is 7.11.